The third kappa shape index (κ3) is 2.59. The van der Waals surface area contributed by atoms with E-state index in [9.17, 15) is 14.5 Å². The zero-order valence-corrected chi connectivity index (χ0v) is 9.50. The molecule has 0 amide bonds. The maximum Gasteiger partial charge on any atom is 0.274 e. The van der Waals surface area contributed by atoms with E-state index in [1.165, 1.54) is 12.1 Å². The summed E-state index contributed by atoms with van der Waals surface area (Å²) < 4.78 is 14.7. The first kappa shape index (κ1) is 12.0. The van der Waals surface area contributed by atoms with Crippen LogP contribution in [0.5, 0.6) is 0 Å². The molecule has 1 heterocycles. The van der Waals surface area contributed by atoms with E-state index in [1.54, 1.807) is 17.9 Å². The molecule has 0 aliphatic heterocycles. The van der Waals surface area contributed by atoms with Crippen molar-refractivity contribution in [2.45, 2.75) is 6.54 Å². The number of nitrogens with zero attached hydrogens (tertiary/aromatic N) is 4. The monoisotopic (exact) mass is 251 g/mol. The van der Waals surface area contributed by atoms with Gasteiger partial charge in [-0.1, -0.05) is 5.21 Å². The third-order valence-electron chi connectivity index (χ3n) is 2.38. The van der Waals surface area contributed by atoms with Crippen LogP contribution in [0.15, 0.2) is 24.4 Å². The highest BCUT2D eigenvalue weighted by Gasteiger charge is 2.10. The Morgan fingerprint density at radius 3 is 2.89 bits per heavy atom. The molecule has 0 aliphatic carbocycles. The van der Waals surface area contributed by atoms with Gasteiger partial charge in [-0.3, -0.25) is 14.8 Å². The molecule has 2 rings (SSSR count). The van der Waals surface area contributed by atoms with Crippen molar-refractivity contribution >= 4 is 11.4 Å². The molecule has 1 aromatic heterocycles. The van der Waals surface area contributed by atoms with Crippen LogP contribution in [0.2, 0.25) is 0 Å². The number of anilines is 1. The highest BCUT2D eigenvalue weighted by atomic mass is 19.1. The van der Waals surface area contributed by atoms with E-state index in [1.807, 2.05) is 0 Å². The van der Waals surface area contributed by atoms with Gasteiger partial charge in [-0.15, -0.1) is 5.10 Å². The van der Waals surface area contributed by atoms with Gasteiger partial charge in [-0.2, -0.15) is 0 Å². The lowest BCUT2D eigenvalue weighted by Gasteiger charge is -2.06. The Morgan fingerprint density at radius 1 is 1.50 bits per heavy atom. The van der Waals surface area contributed by atoms with Crippen molar-refractivity contribution in [1.82, 2.24) is 15.0 Å². The van der Waals surface area contributed by atoms with Crippen molar-refractivity contribution in [2.24, 2.45) is 7.05 Å². The second kappa shape index (κ2) is 4.78. The second-order valence-electron chi connectivity index (χ2n) is 3.66. The minimum Gasteiger partial charge on any atom is -0.379 e. The molecule has 1 N–H and O–H groups in total. The van der Waals surface area contributed by atoms with Crippen molar-refractivity contribution in [3.63, 3.8) is 0 Å². The summed E-state index contributed by atoms with van der Waals surface area (Å²) in [5.74, 6) is -0.658. The van der Waals surface area contributed by atoms with Crippen LogP contribution in [0.1, 0.15) is 5.69 Å². The van der Waals surface area contributed by atoms with Gasteiger partial charge >= 0.3 is 0 Å². The summed E-state index contributed by atoms with van der Waals surface area (Å²) in [5, 5.41) is 20.9. The van der Waals surface area contributed by atoms with E-state index in [0.29, 0.717) is 12.2 Å². The fourth-order valence-electron chi connectivity index (χ4n) is 1.45. The van der Waals surface area contributed by atoms with Gasteiger partial charge in [0, 0.05) is 18.8 Å². The van der Waals surface area contributed by atoms with Crippen molar-refractivity contribution in [2.75, 3.05) is 5.32 Å². The molecule has 0 bridgehead atoms. The Kier molecular flexibility index (Phi) is 3.18. The first-order chi connectivity index (χ1) is 8.56. The Hall–Kier alpha value is -2.51. The molecular weight excluding hydrogens is 241 g/mol. The van der Waals surface area contributed by atoms with Gasteiger partial charge in [0.05, 0.1) is 29.4 Å². The van der Waals surface area contributed by atoms with Crippen LogP contribution in [0.4, 0.5) is 15.8 Å². The molecule has 0 radical (unpaired) electrons. The number of non-ortho nitro benzene ring substituents is 1. The fraction of sp³-hybridized carbons (Fsp3) is 0.200. The Bertz CT molecular complexity index is 583. The summed E-state index contributed by atoms with van der Waals surface area (Å²) in [6, 6.07) is 3.33. The van der Waals surface area contributed by atoms with Gasteiger partial charge in [0.1, 0.15) is 5.82 Å². The molecule has 1 aromatic carbocycles. The lowest BCUT2D eigenvalue weighted by molar-refractivity contribution is -0.385. The second-order valence-corrected chi connectivity index (χ2v) is 3.66. The first-order valence-electron chi connectivity index (χ1n) is 5.08. The number of aromatic nitrogens is 3. The molecule has 0 aliphatic rings. The smallest absolute Gasteiger partial charge is 0.274 e. The number of benzene rings is 1. The van der Waals surface area contributed by atoms with E-state index in [2.05, 4.69) is 15.6 Å². The number of nitro benzene ring substituents is 1. The zero-order valence-electron chi connectivity index (χ0n) is 9.50. The van der Waals surface area contributed by atoms with E-state index in [0.717, 1.165) is 11.8 Å². The summed E-state index contributed by atoms with van der Waals surface area (Å²) >= 11 is 0. The molecule has 0 atom stereocenters. The SMILES string of the molecule is Cn1nncc1CNc1cc(F)cc([N+](=O)[O-])c1. The lowest BCUT2D eigenvalue weighted by atomic mass is 10.2. The average Bonchev–Trinajstić information content (AvgIpc) is 2.71. The molecule has 8 heteroatoms. The number of halogens is 1. The Balaban J connectivity index is 2.14. The largest absolute Gasteiger partial charge is 0.379 e. The molecule has 7 nitrogen and oxygen atoms in total. The van der Waals surface area contributed by atoms with Gasteiger partial charge in [-0.05, 0) is 6.07 Å². The molecule has 0 saturated heterocycles. The van der Waals surface area contributed by atoms with Crippen LogP contribution < -0.4 is 5.32 Å². The average molecular weight is 251 g/mol. The van der Waals surface area contributed by atoms with Crippen molar-refractivity contribution in [3.8, 4) is 0 Å². The lowest BCUT2D eigenvalue weighted by Crippen LogP contribution is -2.06. The third-order valence-corrected chi connectivity index (χ3v) is 2.38. The molecule has 94 valence electrons. The van der Waals surface area contributed by atoms with Crippen LogP contribution >= 0.6 is 0 Å². The van der Waals surface area contributed by atoms with Crippen molar-refractivity contribution < 1.29 is 9.31 Å². The van der Waals surface area contributed by atoms with Crippen molar-refractivity contribution in [3.05, 3.63) is 46.0 Å². The minimum atomic E-state index is -0.658. The summed E-state index contributed by atoms with van der Waals surface area (Å²) in [6.07, 6.45) is 1.56. The van der Waals surface area contributed by atoms with Gasteiger partial charge < -0.3 is 5.32 Å². The quantitative estimate of drug-likeness (QED) is 0.657. The molecule has 0 spiro atoms. The molecule has 2 aromatic rings. The number of hydrogen-bond acceptors (Lipinski definition) is 5. The van der Waals surface area contributed by atoms with Gasteiger partial charge in [-0.25, -0.2) is 4.39 Å². The predicted molar refractivity (Wildman–Crippen MR) is 61.4 cm³/mol. The number of rotatable bonds is 4. The summed E-state index contributed by atoms with van der Waals surface area (Å²) in [5.41, 5.74) is 0.824. The van der Waals surface area contributed by atoms with Gasteiger partial charge in [0.2, 0.25) is 0 Å². The van der Waals surface area contributed by atoms with Gasteiger partial charge in [0.15, 0.2) is 0 Å². The van der Waals surface area contributed by atoms with Crippen LogP contribution in [0, 0.1) is 15.9 Å². The minimum absolute atomic E-state index is 0.291. The van der Waals surface area contributed by atoms with Crippen LogP contribution in [-0.4, -0.2) is 19.9 Å². The zero-order chi connectivity index (χ0) is 13.1. The summed E-state index contributed by atoms with van der Waals surface area (Å²) in [7, 11) is 1.72. The Morgan fingerprint density at radius 2 is 2.28 bits per heavy atom. The number of nitro groups is 1. The van der Waals surface area contributed by atoms with Gasteiger partial charge in [0.25, 0.3) is 5.69 Å². The van der Waals surface area contributed by atoms with E-state index >= 15 is 0 Å². The van der Waals surface area contributed by atoms with Crippen LogP contribution in [-0.2, 0) is 13.6 Å². The first-order valence-corrected chi connectivity index (χ1v) is 5.08. The van der Waals surface area contributed by atoms with Crippen LogP contribution in [0.3, 0.4) is 0 Å². The Labute approximate surface area is 101 Å². The predicted octanol–water partition coefficient (Wildman–Crippen LogP) is 1.47. The standard InChI is InChI=1S/C10H10FN5O2/c1-15-10(6-13-14-15)5-12-8-2-7(11)3-9(4-8)16(17)18/h2-4,6,12H,5H2,1H3. The molecule has 0 fully saturated rings. The maximum absolute atomic E-state index is 13.2. The van der Waals surface area contributed by atoms with Crippen LogP contribution in [0.25, 0.3) is 0 Å². The number of hydrogen-bond donors (Lipinski definition) is 1. The maximum atomic E-state index is 13.2. The van der Waals surface area contributed by atoms with E-state index in [4.69, 9.17) is 0 Å². The summed E-state index contributed by atoms with van der Waals surface area (Å²) in [6.45, 7) is 0.351. The fourth-order valence-corrected chi connectivity index (χ4v) is 1.45. The topological polar surface area (TPSA) is 85.9 Å². The number of nitrogens with one attached hydrogen (secondary N) is 1. The molecular formula is C10H10FN5O2. The van der Waals surface area contributed by atoms with E-state index < -0.39 is 10.7 Å². The molecule has 0 unspecified atom stereocenters. The highest BCUT2D eigenvalue weighted by molar-refractivity contribution is 5.51. The van der Waals surface area contributed by atoms with E-state index in [-0.39, 0.29) is 5.69 Å². The highest BCUT2D eigenvalue weighted by Crippen LogP contribution is 2.20. The molecule has 0 saturated carbocycles. The molecule has 18 heavy (non-hydrogen) atoms. The summed E-state index contributed by atoms with van der Waals surface area (Å²) in [4.78, 5) is 9.94. The number of aryl methyl sites for hydroxylation is 1. The van der Waals surface area contributed by atoms with Crippen molar-refractivity contribution in [1.29, 1.82) is 0 Å². The normalized spacial score (nSPS) is 10.3.